The molecule has 0 aromatic carbocycles. The number of nitrogens with one attached hydrogen (secondary N) is 2. The highest BCUT2D eigenvalue weighted by Gasteiger charge is 2.57. The molecule has 4 aliphatic carbocycles. The first kappa shape index (κ1) is 26.3. The van der Waals surface area contributed by atoms with E-state index < -0.39 is 23.6 Å². The summed E-state index contributed by atoms with van der Waals surface area (Å²) in [6.07, 6.45) is 5.78. The second-order valence-electron chi connectivity index (χ2n) is 11.6. The third-order valence-electron chi connectivity index (χ3n) is 8.91. The van der Waals surface area contributed by atoms with Crippen LogP contribution in [0.5, 0.6) is 5.88 Å². The van der Waals surface area contributed by atoms with Gasteiger partial charge in [0.1, 0.15) is 5.56 Å². The lowest BCUT2D eigenvalue weighted by Gasteiger charge is -2.59. The number of piperidine rings is 1. The molecular weight excluding hydrogens is 484 g/mol. The van der Waals surface area contributed by atoms with Crippen LogP contribution in [0.3, 0.4) is 0 Å². The van der Waals surface area contributed by atoms with Crippen molar-refractivity contribution in [3.63, 3.8) is 0 Å². The summed E-state index contributed by atoms with van der Waals surface area (Å²) >= 11 is 0. The summed E-state index contributed by atoms with van der Waals surface area (Å²) in [5.41, 5.74) is -0.495. The Bertz CT molecular complexity index is 996. The molecule has 1 aromatic heterocycles. The molecule has 2 unspecified atom stereocenters. The van der Waals surface area contributed by atoms with Crippen molar-refractivity contribution in [2.45, 2.75) is 88.4 Å². The van der Waals surface area contributed by atoms with Crippen molar-refractivity contribution in [3.05, 3.63) is 23.4 Å². The Morgan fingerprint density at radius 2 is 2.00 bits per heavy atom. The number of carboxylic acid groups (broad SMARTS) is 1. The van der Waals surface area contributed by atoms with Gasteiger partial charge in [0.05, 0.1) is 24.3 Å². The monoisotopic (exact) mass is 521 g/mol. The Labute approximate surface area is 215 Å². The predicted molar refractivity (Wildman–Crippen MR) is 131 cm³/mol. The molecule has 5 aliphatic rings. The lowest BCUT2D eigenvalue weighted by molar-refractivity contribution is -0.260. The second kappa shape index (κ2) is 10.4. The average molecular weight is 522 g/mol. The van der Waals surface area contributed by atoms with Gasteiger partial charge in [-0.25, -0.2) is 4.98 Å². The molecule has 1 aromatic rings. The van der Waals surface area contributed by atoms with E-state index in [2.05, 4.69) is 10.6 Å². The zero-order valence-electron chi connectivity index (χ0n) is 21.3. The fourth-order valence-electron chi connectivity index (χ4n) is 7.68. The lowest BCUT2D eigenvalue weighted by atomic mass is 9.52. The Morgan fingerprint density at radius 1 is 1.24 bits per heavy atom. The van der Waals surface area contributed by atoms with Crippen LogP contribution in [0.15, 0.2) is 12.1 Å². The van der Waals surface area contributed by atoms with Crippen LogP contribution < -0.4 is 15.4 Å². The van der Waals surface area contributed by atoms with Crippen LogP contribution >= 0.6 is 0 Å². The van der Waals surface area contributed by atoms with E-state index in [-0.39, 0.29) is 36.1 Å². The summed E-state index contributed by atoms with van der Waals surface area (Å²) < 4.78 is 37.3. The van der Waals surface area contributed by atoms with E-state index in [0.717, 1.165) is 32.2 Å². The molecule has 37 heavy (non-hydrogen) atoms. The van der Waals surface area contributed by atoms with Gasteiger partial charge in [-0.1, -0.05) is 6.92 Å². The predicted octanol–water partition coefficient (Wildman–Crippen LogP) is 3.88. The van der Waals surface area contributed by atoms with Crippen molar-refractivity contribution in [1.29, 1.82) is 0 Å². The van der Waals surface area contributed by atoms with E-state index in [9.17, 15) is 23.5 Å². The third-order valence-corrected chi connectivity index (χ3v) is 8.91. The standard InChI is InChI=1S/C27H37F2N3O5/c1-2-8-36-24-19(4-5-20(31-24)26(14-21(33)34)6-3-7-30-15-26)23(35)32-22-17-9-16-10-18(22)13-27(11-16,12-17)37-25(28)29/h4-5,16-18,22,25,30H,2-3,6-15H2,1H3,(H,32,35)(H,33,34)/t16?,17?,18?,22?,26-,27?/m0/s1. The fourth-order valence-corrected chi connectivity index (χ4v) is 7.68. The van der Waals surface area contributed by atoms with E-state index in [1.54, 1.807) is 12.1 Å². The molecule has 10 heteroatoms. The molecular formula is C27H37F2N3O5. The van der Waals surface area contributed by atoms with Crippen molar-refractivity contribution >= 4 is 11.9 Å². The molecule has 8 nitrogen and oxygen atoms in total. The van der Waals surface area contributed by atoms with Crippen LogP contribution in [0.25, 0.3) is 0 Å². The highest BCUT2D eigenvalue weighted by molar-refractivity contribution is 5.96. The number of alkyl halides is 2. The number of amides is 1. The highest BCUT2D eigenvalue weighted by atomic mass is 19.3. The van der Waals surface area contributed by atoms with Gasteiger partial charge in [-0.05, 0) is 87.8 Å². The van der Waals surface area contributed by atoms with Gasteiger partial charge in [0.25, 0.3) is 5.91 Å². The molecule has 1 aliphatic heterocycles. The van der Waals surface area contributed by atoms with Gasteiger partial charge in [-0.2, -0.15) is 8.78 Å². The maximum absolute atomic E-state index is 13.5. The number of rotatable bonds is 10. The van der Waals surface area contributed by atoms with Gasteiger partial charge < -0.3 is 25.2 Å². The van der Waals surface area contributed by atoms with Gasteiger partial charge in [-0.3, -0.25) is 9.59 Å². The minimum absolute atomic E-state index is 0.0548. The van der Waals surface area contributed by atoms with E-state index in [4.69, 9.17) is 14.5 Å². The van der Waals surface area contributed by atoms with Crippen molar-refractivity contribution in [2.75, 3.05) is 19.7 Å². The van der Waals surface area contributed by atoms with E-state index in [0.29, 0.717) is 56.0 Å². The van der Waals surface area contributed by atoms with Crippen LogP contribution in [0, 0.1) is 17.8 Å². The summed E-state index contributed by atoms with van der Waals surface area (Å²) in [4.78, 5) is 30.0. The molecule has 2 heterocycles. The zero-order chi connectivity index (χ0) is 26.2. The first-order valence-corrected chi connectivity index (χ1v) is 13.6. The molecule has 4 bridgehead atoms. The molecule has 1 amide bonds. The van der Waals surface area contributed by atoms with E-state index >= 15 is 0 Å². The quantitative estimate of drug-likeness (QED) is 0.429. The maximum atomic E-state index is 13.5. The van der Waals surface area contributed by atoms with Gasteiger partial charge in [0, 0.05) is 18.0 Å². The SMILES string of the molecule is CCCOc1nc([C@]2(CC(=O)O)CCCNC2)ccc1C(=O)NC1C2CC3CC1CC(OC(F)F)(C3)C2. The summed E-state index contributed by atoms with van der Waals surface area (Å²) in [6, 6.07) is 3.35. The number of aliphatic carboxylic acids is 1. The molecule has 5 fully saturated rings. The summed E-state index contributed by atoms with van der Waals surface area (Å²) in [7, 11) is 0. The molecule has 0 radical (unpaired) electrons. The number of aromatic nitrogens is 1. The molecule has 204 valence electrons. The molecule has 4 saturated carbocycles. The van der Waals surface area contributed by atoms with Gasteiger partial charge in [0.2, 0.25) is 5.88 Å². The zero-order valence-corrected chi connectivity index (χ0v) is 21.3. The number of carboxylic acids is 1. The van der Waals surface area contributed by atoms with E-state index in [1.807, 2.05) is 6.92 Å². The number of halogens is 2. The first-order chi connectivity index (χ1) is 17.7. The Hall–Kier alpha value is -2.33. The number of hydrogen-bond acceptors (Lipinski definition) is 6. The van der Waals surface area contributed by atoms with Gasteiger partial charge >= 0.3 is 12.6 Å². The van der Waals surface area contributed by atoms with Crippen molar-refractivity contribution in [3.8, 4) is 5.88 Å². The van der Waals surface area contributed by atoms with Gasteiger partial charge in [-0.15, -0.1) is 0 Å². The smallest absolute Gasteiger partial charge is 0.345 e. The number of pyridine rings is 1. The van der Waals surface area contributed by atoms with Crippen molar-refractivity contribution in [2.24, 2.45) is 17.8 Å². The Kier molecular flexibility index (Phi) is 7.42. The molecule has 1 saturated heterocycles. The minimum Gasteiger partial charge on any atom is -0.481 e. The summed E-state index contributed by atoms with van der Waals surface area (Å²) in [5.74, 6) is -0.391. The second-order valence-corrected chi connectivity index (χ2v) is 11.6. The molecule has 6 rings (SSSR count). The van der Waals surface area contributed by atoms with E-state index in [1.165, 1.54) is 0 Å². The van der Waals surface area contributed by atoms with Crippen LogP contribution in [0.4, 0.5) is 8.78 Å². The molecule has 3 atom stereocenters. The normalized spacial score (nSPS) is 34.5. The van der Waals surface area contributed by atoms with Gasteiger partial charge in [0.15, 0.2) is 0 Å². The largest absolute Gasteiger partial charge is 0.481 e. The van der Waals surface area contributed by atoms with Crippen LogP contribution in [0.2, 0.25) is 0 Å². The lowest BCUT2D eigenvalue weighted by Crippen LogP contribution is -2.62. The van der Waals surface area contributed by atoms with Crippen LogP contribution in [-0.2, 0) is 14.9 Å². The number of carbonyl (C=O) groups is 2. The number of carbonyl (C=O) groups excluding carboxylic acids is 1. The first-order valence-electron chi connectivity index (χ1n) is 13.6. The number of hydrogen-bond donors (Lipinski definition) is 3. The number of nitrogens with zero attached hydrogens (tertiary/aromatic N) is 1. The van der Waals surface area contributed by atoms with Crippen molar-refractivity contribution < 1.29 is 33.0 Å². The van der Waals surface area contributed by atoms with Crippen molar-refractivity contribution in [1.82, 2.24) is 15.6 Å². The maximum Gasteiger partial charge on any atom is 0.345 e. The minimum atomic E-state index is -2.78. The van der Waals surface area contributed by atoms with Crippen LogP contribution in [0.1, 0.15) is 80.8 Å². The Morgan fingerprint density at radius 3 is 2.62 bits per heavy atom. The molecule has 3 N–H and O–H groups in total. The fraction of sp³-hybridized carbons (Fsp3) is 0.741. The highest BCUT2D eigenvalue weighted by Crippen LogP contribution is 2.57. The van der Waals surface area contributed by atoms with Crippen LogP contribution in [-0.4, -0.2) is 59.9 Å². The number of ether oxygens (including phenoxy) is 2. The topological polar surface area (TPSA) is 110 Å². The molecule has 0 spiro atoms. The third kappa shape index (κ3) is 5.32. The Balaban J connectivity index is 1.37. The summed E-state index contributed by atoms with van der Waals surface area (Å²) in [5, 5.41) is 16.1. The summed E-state index contributed by atoms with van der Waals surface area (Å²) in [6.45, 7) is 0.892. The average Bonchev–Trinajstić information content (AvgIpc) is 2.83.